The normalized spacial score (nSPS) is 14.1. The summed E-state index contributed by atoms with van der Waals surface area (Å²) in [6.45, 7) is 11.3. The van der Waals surface area contributed by atoms with Gasteiger partial charge in [-0.3, -0.25) is 19.5 Å². The van der Waals surface area contributed by atoms with Gasteiger partial charge < -0.3 is 31.2 Å². The molecule has 374 valence electrons. The zero-order valence-corrected chi connectivity index (χ0v) is 50.8. The Balaban J connectivity index is 0.000000247. The van der Waals surface area contributed by atoms with E-state index in [0.29, 0.717) is 72.9 Å². The molecule has 73 heavy (non-hydrogen) atoms. The van der Waals surface area contributed by atoms with Crippen LogP contribution < -0.4 is 118 Å². The first-order valence-corrected chi connectivity index (χ1v) is 25.0. The maximum atomic E-state index is 14.7. The third-order valence-corrected chi connectivity index (χ3v) is 14.4. The second kappa shape index (κ2) is 28.9. The maximum Gasteiger partial charge on any atom is 1.00 e. The predicted octanol–water partition coefficient (Wildman–Crippen LogP) is 2.01. The SMILES string of the molecule is Cc1c(Cl)cc(F)c(N2CCN(C(=O)Cn3nc(-c4nccs4)c4cccnc43)CC2)c1C.Cc1cc(N2CCN(C(=O)CCl)[C@@H](C)C2)c(F)cc1Cl.O=CO[O-].[H-].[K+].[K+].c1cnc2n[nH]c(-c3nccs3)c2c1. The summed E-state index contributed by atoms with van der Waals surface area (Å²) in [5, 5.41) is 28.5. The first-order valence-electron chi connectivity index (χ1n) is 21.9. The van der Waals surface area contributed by atoms with E-state index < -0.39 is 0 Å². The number of rotatable bonds is 8. The molecule has 26 heteroatoms. The first kappa shape index (κ1) is 60.8. The molecule has 0 spiro atoms. The van der Waals surface area contributed by atoms with Gasteiger partial charge in [0.05, 0.1) is 11.4 Å². The topological polar surface area (TPSA) is 195 Å². The smallest absolute Gasteiger partial charge is 1.00 e. The van der Waals surface area contributed by atoms with Gasteiger partial charge in [0.15, 0.2) is 11.3 Å². The van der Waals surface area contributed by atoms with Gasteiger partial charge in [0.1, 0.15) is 45.5 Å². The first-order chi connectivity index (χ1) is 34.2. The molecule has 2 aromatic carbocycles. The van der Waals surface area contributed by atoms with Crippen molar-refractivity contribution < 1.29 is 138 Å². The van der Waals surface area contributed by atoms with Crippen LogP contribution in [0, 0.1) is 32.4 Å². The van der Waals surface area contributed by atoms with E-state index in [-0.39, 0.29) is 153 Å². The Kier molecular flexibility index (Phi) is 24.0. The summed E-state index contributed by atoms with van der Waals surface area (Å²) in [5.41, 5.74) is 6.73. The summed E-state index contributed by atoms with van der Waals surface area (Å²) < 4.78 is 30.3. The minimum atomic E-state index is -0.329. The molecule has 2 amide bonds. The average molecular weight is 1150 g/mol. The molecular formula is C47H47Cl3F2K2N12O5S2. The van der Waals surface area contributed by atoms with Crippen LogP contribution in [0.5, 0.6) is 0 Å². The summed E-state index contributed by atoms with van der Waals surface area (Å²) in [4.78, 5) is 60.7. The van der Waals surface area contributed by atoms with Gasteiger partial charge >= 0.3 is 103 Å². The molecule has 0 unspecified atom stereocenters. The number of aromatic nitrogens is 8. The summed E-state index contributed by atoms with van der Waals surface area (Å²) in [5.74, 6) is -0.790. The molecule has 17 nitrogen and oxygen atoms in total. The van der Waals surface area contributed by atoms with Gasteiger partial charge in [0, 0.05) is 108 Å². The van der Waals surface area contributed by atoms with Gasteiger partial charge in [-0.25, -0.2) is 33.4 Å². The number of hydrogen-bond donors (Lipinski definition) is 1. The van der Waals surface area contributed by atoms with Crippen LogP contribution in [0.1, 0.15) is 25.0 Å². The average Bonchev–Trinajstić information content (AvgIpc) is 4.23. The van der Waals surface area contributed by atoms with Crippen molar-refractivity contribution in [3.63, 3.8) is 0 Å². The van der Waals surface area contributed by atoms with Gasteiger partial charge in [0.25, 0.3) is 6.47 Å². The Hall–Kier alpha value is -3.09. The van der Waals surface area contributed by atoms with Gasteiger partial charge in [-0.1, -0.05) is 23.2 Å². The van der Waals surface area contributed by atoms with E-state index in [1.807, 2.05) is 72.5 Å². The molecule has 6 aromatic heterocycles. The number of fused-ring (bicyclic) bond motifs is 2. The number of amides is 2. The largest absolute Gasteiger partial charge is 1.00 e. The Morgan fingerprint density at radius 1 is 0.836 bits per heavy atom. The van der Waals surface area contributed by atoms with Crippen LogP contribution in [0.15, 0.2) is 78.0 Å². The van der Waals surface area contributed by atoms with Gasteiger partial charge in [0.2, 0.25) is 11.8 Å². The molecule has 10 rings (SSSR count). The van der Waals surface area contributed by atoms with Crippen LogP contribution in [0.4, 0.5) is 20.2 Å². The standard InChI is InChI=1S/C23H22ClFN6OS.C14H17Cl2FN2O.C9H6N4S.CH2O3.2K.H/c1-14-15(2)21(18(25)12-17(14)24)30-9-7-29(8-10-30)19(32)13-31-22-16(4-3-5-26-22)20(28-31)23-27-6-11-33-23;1-9-5-13(12(17)6-11(9)16)18-3-4-19(10(2)8-18)14(20)7-15;1-2-6-7(9-11-4-5-14-9)12-13-8(6)10-3-1;2-1-4-3;;;/h3-6,11-12H,7-10,13H2,1-2H3;5-6,10H,3-4,7-8H2,1-2H3;1-5H,(H,10,12,13);1,3H;;;/q;;;;2*+1;-1/p-1/t;10-;;;;;/m.0...../s1. The van der Waals surface area contributed by atoms with Crippen molar-refractivity contribution in [3.8, 4) is 21.4 Å². The maximum absolute atomic E-state index is 14.7. The van der Waals surface area contributed by atoms with E-state index in [9.17, 15) is 18.4 Å². The minimum Gasteiger partial charge on any atom is -1.00 e. The number of carbonyl (C=O) groups excluding carboxylic acids is 3. The van der Waals surface area contributed by atoms with Crippen molar-refractivity contribution in [1.29, 1.82) is 0 Å². The fraction of sp³-hybridized carbons (Fsp3) is 0.298. The summed E-state index contributed by atoms with van der Waals surface area (Å²) in [6.07, 6.45) is 6.94. The van der Waals surface area contributed by atoms with Crippen molar-refractivity contribution in [2.45, 2.75) is 40.3 Å². The van der Waals surface area contributed by atoms with E-state index >= 15 is 0 Å². The van der Waals surface area contributed by atoms with E-state index in [0.717, 1.165) is 54.5 Å². The molecule has 2 aliphatic rings. The molecule has 2 saturated heterocycles. The van der Waals surface area contributed by atoms with Gasteiger partial charge in [-0.05, 0) is 86.8 Å². The van der Waals surface area contributed by atoms with Crippen LogP contribution >= 0.6 is 57.5 Å². The minimum absolute atomic E-state index is 0. The van der Waals surface area contributed by atoms with Crippen LogP contribution in [0.2, 0.25) is 10.0 Å². The Labute approximate surface area is 528 Å². The molecule has 0 radical (unpaired) electrons. The second-order valence-corrected chi connectivity index (χ2v) is 19.0. The van der Waals surface area contributed by atoms with Crippen molar-refractivity contribution in [2.24, 2.45) is 0 Å². The zero-order chi connectivity index (χ0) is 50.8. The number of H-pyrrole nitrogens is 1. The number of halogens is 5. The predicted molar refractivity (Wildman–Crippen MR) is 272 cm³/mol. The van der Waals surface area contributed by atoms with Gasteiger partial charge in [-0.15, -0.1) is 34.3 Å². The number of piperazine rings is 2. The second-order valence-electron chi connectivity index (χ2n) is 16.1. The summed E-state index contributed by atoms with van der Waals surface area (Å²) >= 11 is 20.7. The fourth-order valence-electron chi connectivity index (χ4n) is 8.11. The monoisotopic (exact) mass is 1140 g/mol. The third-order valence-electron chi connectivity index (χ3n) is 11.8. The number of pyridine rings is 2. The third kappa shape index (κ3) is 14.9. The molecule has 2 fully saturated rings. The van der Waals surface area contributed by atoms with Crippen molar-refractivity contribution in [3.05, 3.63) is 116 Å². The van der Waals surface area contributed by atoms with Crippen LogP contribution in [-0.2, 0) is 25.8 Å². The number of hydrogen-bond acceptors (Lipinski definition) is 15. The number of thiazole rings is 2. The molecule has 1 N–H and O–H groups in total. The number of carbonyl (C=O) groups is 3. The molecular weight excluding hydrogens is 1100 g/mol. The Morgan fingerprint density at radius 2 is 1.47 bits per heavy atom. The van der Waals surface area contributed by atoms with E-state index in [2.05, 4.69) is 40.1 Å². The number of alkyl halides is 1. The molecule has 2 aliphatic heterocycles. The molecule has 0 saturated carbocycles. The molecule has 8 heterocycles. The Morgan fingerprint density at radius 3 is 2.10 bits per heavy atom. The van der Waals surface area contributed by atoms with Gasteiger partial charge in [-0.2, -0.15) is 10.2 Å². The molecule has 1 atom stereocenters. The summed E-state index contributed by atoms with van der Waals surface area (Å²) in [6, 6.07) is 12.1. The van der Waals surface area contributed by atoms with E-state index in [4.69, 9.17) is 44.9 Å². The number of nitrogens with one attached hydrogen (secondary N) is 1. The van der Waals surface area contributed by atoms with Crippen LogP contribution in [-0.4, -0.2) is 126 Å². The van der Waals surface area contributed by atoms with Crippen molar-refractivity contribution >= 4 is 109 Å². The number of anilines is 2. The van der Waals surface area contributed by atoms with E-state index in [1.165, 1.54) is 23.5 Å². The van der Waals surface area contributed by atoms with E-state index in [1.54, 1.807) is 56.7 Å². The molecule has 8 aromatic rings. The zero-order valence-electron chi connectivity index (χ0n) is 41.7. The van der Waals surface area contributed by atoms with Crippen LogP contribution in [0.25, 0.3) is 43.5 Å². The quantitative estimate of drug-likeness (QED) is 0.0765. The van der Waals surface area contributed by atoms with Crippen molar-refractivity contribution in [1.82, 2.24) is 49.7 Å². The number of aryl methyl sites for hydroxylation is 1. The number of nitrogens with zero attached hydrogens (tertiary/aromatic N) is 11. The number of aromatic amines is 1. The Bertz CT molecular complexity index is 3120. The van der Waals surface area contributed by atoms with Crippen LogP contribution in [0.3, 0.4) is 0 Å². The number of benzene rings is 2. The fourth-order valence-corrected chi connectivity index (χ4v) is 9.93. The summed E-state index contributed by atoms with van der Waals surface area (Å²) in [7, 11) is 0. The molecule has 0 aliphatic carbocycles. The van der Waals surface area contributed by atoms with Crippen molar-refractivity contribution in [2.75, 3.05) is 61.5 Å². The molecule has 0 bridgehead atoms.